The Bertz CT molecular complexity index is 924. The molecular formula is C52H103NO8. The average molecular weight is 870 g/mol. The molecule has 6 N–H and O–H groups in total. The van der Waals surface area contributed by atoms with Gasteiger partial charge in [0, 0.05) is 6.42 Å². The molecule has 0 aromatic rings. The third kappa shape index (κ3) is 33.3. The van der Waals surface area contributed by atoms with Crippen LogP contribution < -0.4 is 5.32 Å². The highest BCUT2D eigenvalue weighted by atomic mass is 16.7. The van der Waals surface area contributed by atoms with Crippen LogP contribution in [0.3, 0.4) is 0 Å². The summed E-state index contributed by atoms with van der Waals surface area (Å²) in [5, 5.41) is 54.5. The molecule has 0 aromatic heterocycles. The maximum atomic E-state index is 13.0. The van der Waals surface area contributed by atoms with Crippen LogP contribution in [0.5, 0.6) is 0 Å². The van der Waals surface area contributed by atoms with Gasteiger partial charge in [0.15, 0.2) is 6.29 Å². The van der Waals surface area contributed by atoms with E-state index in [1.165, 1.54) is 205 Å². The van der Waals surface area contributed by atoms with Gasteiger partial charge in [-0.2, -0.15) is 0 Å². The number of hydrogen-bond acceptors (Lipinski definition) is 8. The third-order valence-electron chi connectivity index (χ3n) is 13.2. The van der Waals surface area contributed by atoms with Crippen molar-refractivity contribution in [2.24, 2.45) is 0 Å². The van der Waals surface area contributed by atoms with Crippen LogP contribution in [-0.2, 0) is 14.3 Å². The first-order valence-electron chi connectivity index (χ1n) is 26.7. The standard InChI is InChI=1S/C52H103NO8/c1-3-5-7-9-11-13-15-17-19-20-21-22-23-24-25-26-27-28-30-32-34-36-38-40-42-48(56)53-45(44-60-52-51(59)50(58)49(57)47(43-54)61-52)46(55)41-39-37-35-33-31-29-18-16-14-12-10-8-6-4-2/h45-47,49-52,54-55,57-59H,3-44H2,1-2H3,(H,53,56). The minimum atomic E-state index is -1.55. The summed E-state index contributed by atoms with van der Waals surface area (Å²) in [6.45, 7) is 3.87. The number of carbonyl (C=O) groups is 1. The molecule has 0 aliphatic carbocycles. The summed E-state index contributed by atoms with van der Waals surface area (Å²) in [6.07, 6.45) is 42.7. The lowest BCUT2D eigenvalue weighted by atomic mass is 9.99. The molecule has 7 unspecified atom stereocenters. The fourth-order valence-electron chi connectivity index (χ4n) is 8.93. The first kappa shape index (κ1) is 58.2. The second-order valence-corrected chi connectivity index (χ2v) is 19.0. The minimum absolute atomic E-state index is 0.131. The molecule has 9 nitrogen and oxygen atoms in total. The Labute approximate surface area is 376 Å². The van der Waals surface area contributed by atoms with E-state index >= 15 is 0 Å². The second-order valence-electron chi connectivity index (χ2n) is 19.0. The van der Waals surface area contributed by atoms with Crippen LogP contribution in [0, 0.1) is 0 Å². The SMILES string of the molecule is CCCCCCCCCCCCCCCCCCCCCCCCCCC(=O)NC(COC1OC(CO)C(O)C(O)C1O)C(O)CCCCCCCCCCCCCCCC. The van der Waals surface area contributed by atoms with Gasteiger partial charge in [0.2, 0.25) is 5.91 Å². The van der Waals surface area contributed by atoms with Crippen molar-refractivity contribution in [3.05, 3.63) is 0 Å². The Kier molecular flexibility index (Phi) is 41.1. The molecule has 0 spiro atoms. The molecule has 0 bridgehead atoms. The second kappa shape index (κ2) is 43.1. The molecule has 1 rings (SSSR count). The average Bonchev–Trinajstić information content (AvgIpc) is 3.26. The van der Waals surface area contributed by atoms with Gasteiger partial charge in [-0.25, -0.2) is 0 Å². The number of amides is 1. The Hall–Kier alpha value is -0.810. The highest BCUT2D eigenvalue weighted by Crippen LogP contribution is 2.23. The molecule has 1 fully saturated rings. The van der Waals surface area contributed by atoms with Crippen molar-refractivity contribution in [3.63, 3.8) is 0 Å². The monoisotopic (exact) mass is 870 g/mol. The van der Waals surface area contributed by atoms with E-state index in [-0.39, 0.29) is 12.5 Å². The summed E-state index contributed by atoms with van der Waals surface area (Å²) >= 11 is 0. The molecule has 1 aliphatic heterocycles. The zero-order chi connectivity index (χ0) is 44.4. The van der Waals surface area contributed by atoms with Crippen molar-refractivity contribution in [2.45, 2.75) is 314 Å². The van der Waals surface area contributed by atoms with E-state index in [9.17, 15) is 30.3 Å². The van der Waals surface area contributed by atoms with Gasteiger partial charge >= 0.3 is 0 Å². The molecule has 1 aliphatic rings. The number of rotatable bonds is 46. The van der Waals surface area contributed by atoms with Crippen molar-refractivity contribution in [3.8, 4) is 0 Å². The van der Waals surface area contributed by atoms with Crippen molar-refractivity contribution in [2.75, 3.05) is 13.2 Å². The van der Waals surface area contributed by atoms with E-state index in [4.69, 9.17) is 9.47 Å². The molecule has 61 heavy (non-hydrogen) atoms. The van der Waals surface area contributed by atoms with Crippen LogP contribution >= 0.6 is 0 Å². The molecule has 364 valence electrons. The lowest BCUT2D eigenvalue weighted by Gasteiger charge is -2.40. The highest BCUT2D eigenvalue weighted by Gasteiger charge is 2.44. The number of unbranched alkanes of at least 4 members (excludes halogenated alkanes) is 36. The largest absolute Gasteiger partial charge is 0.394 e. The minimum Gasteiger partial charge on any atom is -0.394 e. The highest BCUT2D eigenvalue weighted by molar-refractivity contribution is 5.76. The smallest absolute Gasteiger partial charge is 0.220 e. The summed E-state index contributed by atoms with van der Waals surface area (Å²) in [6, 6.07) is -0.712. The van der Waals surface area contributed by atoms with Gasteiger partial charge in [-0.1, -0.05) is 251 Å². The zero-order valence-corrected chi connectivity index (χ0v) is 40.2. The van der Waals surface area contributed by atoms with E-state index in [2.05, 4.69) is 19.2 Å². The molecule has 9 heteroatoms. The molecule has 0 radical (unpaired) electrons. The lowest BCUT2D eigenvalue weighted by Crippen LogP contribution is -2.60. The van der Waals surface area contributed by atoms with Crippen LogP contribution in [0.4, 0.5) is 0 Å². The van der Waals surface area contributed by atoms with Gasteiger partial charge < -0.3 is 40.3 Å². The van der Waals surface area contributed by atoms with Gasteiger partial charge in [0.1, 0.15) is 24.4 Å². The number of nitrogens with one attached hydrogen (secondary N) is 1. The number of aliphatic hydroxyl groups is 5. The Balaban J connectivity index is 2.19. The van der Waals surface area contributed by atoms with Crippen molar-refractivity contribution in [1.29, 1.82) is 0 Å². The molecule has 1 saturated heterocycles. The van der Waals surface area contributed by atoms with Crippen molar-refractivity contribution in [1.82, 2.24) is 5.32 Å². The number of ether oxygens (including phenoxy) is 2. The lowest BCUT2D eigenvalue weighted by molar-refractivity contribution is -0.302. The van der Waals surface area contributed by atoms with Gasteiger partial charge in [-0.05, 0) is 12.8 Å². The summed E-state index contributed by atoms with van der Waals surface area (Å²) in [7, 11) is 0. The Morgan fingerprint density at radius 1 is 0.492 bits per heavy atom. The quantitative estimate of drug-likeness (QED) is 0.0331. The Morgan fingerprint density at radius 3 is 1.16 bits per heavy atom. The fourth-order valence-corrected chi connectivity index (χ4v) is 8.93. The molecule has 1 amide bonds. The van der Waals surface area contributed by atoms with Gasteiger partial charge in [-0.3, -0.25) is 4.79 Å². The summed E-state index contributed by atoms with van der Waals surface area (Å²) in [5.41, 5.74) is 0. The maximum Gasteiger partial charge on any atom is 0.220 e. The predicted octanol–water partition coefficient (Wildman–Crippen LogP) is 12.3. The normalized spacial score (nSPS) is 20.3. The number of aliphatic hydroxyl groups excluding tert-OH is 5. The van der Waals surface area contributed by atoms with E-state index < -0.39 is 49.5 Å². The van der Waals surface area contributed by atoms with Crippen LogP contribution in [0.25, 0.3) is 0 Å². The molecule has 0 aromatic carbocycles. The molecule has 1 heterocycles. The maximum absolute atomic E-state index is 13.0. The van der Waals surface area contributed by atoms with Gasteiger partial charge in [0.05, 0.1) is 25.4 Å². The zero-order valence-electron chi connectivity index (χ0n) is 40.2. The Morgan fingerprint density at radius 2 is 0.820 bits per heavy atom. The van der Waals surface area contributed by atoms with Gasteiger partial charge in [0.25, 0.3) is 0 Å². The topological polar surface area (TPSA) is 149 Å². The first-order chi connectivity index (χ1) is 29.8. The van der Waals surface area contributed by atoms with Crippen LogP contribution in [0.1, 0.15) is 271 Å². The van der Waals surface area contributed by atoms with E-state index in [1.807, 2.05) is 0 Å². The van der Waals surface area contributed by atoms with E-state index in [0.717, 1.165) is 38.5 Å². The van der Waals surface area contributed by atoms with Crippen LogP contribution in [0.15, 0.2) is 0 Å². The van der Waals surface area contributed by atoms with Crippen molar-refractivity contribution < 1.29 is 39.8 Å². The van der Waals surface area contributed by atoms with Crippen LogP contribution in [-0.4, -0.2) is 87.5 Å². The first-order valence-corrected chi connectivity index (χ1v) is 26.7. The fraction of sp³-hybridized carbons (Fsp3) is 0.981. The number of hydrogen-bond donors (Lipinski definition) is 6. The molecule has 7 atom stereocenters. The predicted molar refractivity (Wildman–Crippen MR) is 254 cm³/mol. The molecular weight excluding hydrogens is 767 g/mol. The van der Waals surface area contributed by atoms with Crippen LogP contribution in [0.2, 0.25) is 0 Å². The number of carbonyl (C=O) groups excluding carboxylic acids is 1. The van der Waals surface area contributed by atoms with E-state index in [0.29, 0.717) is 12.8 Å². The summed E-state index contributed by atoms with van der Waals surface area (Å²) < 4.78 is 11.3. The van der Waals surface area contributed by atoms with Gasteiger partial charge in [-0.15, -0.1) is 0 Å². The molecule has 0 saturated carbocycles. The summed E-state index contributed by atoms with van der Waals surface area (Å²) in [4.78, 5) is 13.0. The third-order valence-corrected chi connectivity index (χ3v) is 13.2. The summed E-state index contributed by atoms with van der Waals surface area (Å²) in [5.74, 6) is -0.138. The van der Waals surface area contributed by atoms with E-state index in [1.54, 1.807) is 0 Å². The van der Waals surface area contributed by atoms with Crippen molar-refractivity contribution >= 4 is 5.91 Å².